The van der Waals surface area contributed by atoms with E-state index in [1.165, 1.54) is 0 Å². The zero-order chi connectivity index (χ0) is 17.1. The summed E-state index contributed by atoms with van der Waals surface area (Å²) in [4.78, 5) is 5.66. The fourth-order valence-corrected chi connectivity index (χ4v) is 2.77. The van der Waals surface area contributed by atoms with Crippen LogP contribution in [-0.2, 0) is 6.42 Å². The smallest absolute Gasteiger partial charge is 0.153 e. The summed E-state index contributed by atoms with van der Waals surface area (Å²) in [7, 11) is 0. The molecule has 23 heavy (non-hydrogen) atoms. The van der Waals surface area contributed by atoms with Gasteiger partial charge in [0.05, 0.1) is 0 Å². The van der Waals surface area contributed by atoms with Crippen LogP contribution in [0, 0.1) is 0 Å². The van der Waals surface area contributed by atoms with Crippen LogP contribution in [0.3, 0.4) is 0 Å². The van der Waals surface area contributed by atoms with Gasteiger partial charge in [0, 0.05) is 28.8 Å². The molecule has 4 heteroatoms. The Kier molecular flexibility index (Phi) is 9.07. The molecule has 0 aliphatic carbocycles. The van der Waals surface area contributed by atoms with Crippen molar-refractivity contribution < 1.29 is 10.2 Å². The summed E-state index contributed by atoms with van der Waals surface area (Å²) in [6.07, 6.45) is 9.27. The predicted octanol–water partition coefficient (Wildman–Crippen LogP) is 6.12. The van der Waals surface area contributed by atoms with Crippen molar-refractivity contribution in [1.82, 2.24) is 0 Å². The molecule has 0 unspecified atom stereocenters. The van der Waals surface area contributed by atoms with Crippen LogP contribution in [-0.4, -0.2) is 15.9 Å². The fourth-order valence-electron chi connectivity index (χ4n) is 2.04. The molecule has 1 heterocycles. The van der Waals surface area contributed by atoms with Gasteiger partial charge in [-0.25, -0.2) is 0 Å². The highest BCUT2D eigenvalue weighted by molar-refractivity contribution is 7.09. The fraction of sp³-hybridized carbons (Fsp3) is 0.421. The van der Waals surface area contributed by atoms with Crippen LogP contribution in [0.1, 0.15) is 51.3 Å². The lowest BCUT2D eigenvalue weighted by Gasteiger charge is -2.06. The zero-order valence-corrected chi connectivity index (χ0v) is 15.1. The highest BCUT2D eigenvalue weighted by Gasteiger charge is 2.07. The van der Waals surface area contributed by atoms with E-state index in [-0.39, 0.29) is 5.76 Å². The summed E-state index contributed by atoms with van der Waals surface area (Å²) in [6, 6.07) is 4.00. The van der Waals surface area contributed by atoms with E-state index in [9.17, 15) is 5.11 Å². The molecule has 1 aromatic heterocycles. The molecule has 1 aromatic rings. The number of aliphatic imine (C=N–C) groups is 1. The molecule has 0 spiro atoms. The lowest BCUT2D eigenvalue weighted by molar-refractivity contribution is 0.369. The topological polar surface area (TPSA) is 52.8 Å². The second-order valence-electron chi connectivity index (χ2n) is 5.47. The maximum absolute atomic E-state index is 9.94. The summed E-state index contributed by atoms with van der Waals surface area (Å²) < 4.78 is 0. The number of unbranched alkanes of at least 4 members (excludes halogenated alkanes) is 1. The van der Waals surface area contributed by atoms with Gasteiger partial charge in [-0.1, -0.05) is 32.4 Å². The lowest BCUT2D eigenvalue weighted by atomic mass is 10.0. The van der Waals surface area contributed by atoms with Crippen LogP contribution in [0.2, 0.25) is 0 Å². The molecule has 0 bridgehead atoms. The standard InChI is InChI=1S/C19H27NO2S/c1-4-6-8-15(3)20-13-16(5-2)11-17(19(22)14-21)12-18-9-7-10-23-18/h7,9-11,13-14,21-22H,4-6,8,12H2,1-3H3/b16-13+,17-11+,19-14?,20-15?. The highest BCUT2D eigenvalue weighted by atomic mass is 32.1. The van der Waals surface area contributed by atoms with Crippen LogP contribution >= 0.6 is 11.3 Å². The maximum Gasteiger partial charge on any atom is 0.153 e. The van der Waals surface area contributed by atoms with Gasteiger partial charge in [0.15, 0.2) is 5.76 Å². The quantitative estimate of drug-likeness (QED) is 0.325. The molecule has 0 amide bonds. The van der Waals surface area contributed by atoms with Crippen LogP contribution in [0.5, 0.6) is 0 Å². The number of nitrogens with zero attached hydrogens (tertiary/aromatic N) is 1. The van der Waals surface area contributed by atoms with E-state index in [0.29, 0.717) is 12.0 Å². The largest absolute Gasteiger partial charge is 0.512 e. The molecule has 0 saturated carbocycles. The normalized spacial score (nSPS) is 14.4. The number of thiophene rings is 1. The third kappa shape index (κ3) is 7.33. The number of allylic oxidation sites excluding steroid dienone is 3. The third-order valence-corrected chi connectivity index (χ3v) is 4.38. The molecule has 0 aliphatic heterocycles. The zero-order valence-electron chi connectivity index (χ0n) is 14.2. The van der Waals surface area contributed by atoms with Gasteiger partial charge in [-0.3, -0.25) is 4.99 Å². The summed E-state index contributed by atoms with van der Waals surface area (Å²) in [5.41, 5.74) is 2.85. The van der Waals surface area contributed by atoms with E-state index in [1.807, 2.05) is 36.7 Å². The van der Waals surface area contributed by atoms with E-state index < -0.39 is 0 Å². The van der Waals surface area contributed by atoms with Gasteiger partial charge in [-0.05, 0) is 43.2 Å². The Labute approximate surface area is 143 Å². The van der Waals surface area contributed by atoms with E-state index in [4.69, 9.17) is 5.11 Å². The number of hydrogen-bond donors (Lipinski definition) is 2. The number of rotatable bonds is 9. The minimum atomic E-state index is -0.0931. The van der Waals surface area contributed by atoms with Crippen molar-refractivity contribution in [2.24, 2.45) is 4.99 Å². The SMILES string of the molecule is CCCCC(C)=N/C=C(/C=C(\Cc1cccs1)C(O)=CO)CC. The van der Waals surface area contributed by atoms with Crippen molar-refractivity contribution in [2.75, 3.05) is 0 Å². The minimum Gasteiger partial charge on any atom is -0.512 e. The number of aliphatic hydroxyl groups excluding tert-OH is 2. The van der Waals surface area contributed by atoms with Gasteiger partial charge in [-0.2, -0.15) is 0 Å². The molecule has 1 rings (SSSR count). The predicted molar refractivity (Wildman–Crippen MR) is 100 cm³/mol. The maximum atomic E-state index is 9.94. The lowest BCUT2D eigenvalue weighted by Crippen LogP contribution is -1.95. The van der Waals surface area contributed by atoms with Gasteiger partial charge in [-0.15, -0.1) is 11.3 Å². The molecule has 126 valence electrons. The van der Waals surface area contributed by atoms with Crippen LogP contribution < -0.4 is 0 Å². The molecule has 2 N–H and O–H groups in total. The summed E-state index contributed by atoms with van der Waals surface area (Å²) in [6.45, 7) is 6.27. The Hall–Kier alpha value is -1.81. The van der Waals surface area contributed by atoms with Crippen molar-refractivity contribution in [3.8, 4) is 0 Å². The first kappa shape index (κ1) is 19.2. The number of aliphatic hydroxyl groups is 2. The molecule has 0 atom stereocenters. The second-order valence-corrected chi connectivity index (χ2v) is 6.50. The van der Waals surface area contributed by atoms with Crippen molar-refractivity contribution in [1.29, 1.82) is 0 Å². The van der Waals surface area contributed by atoms with Crippen molar-refractivity contribution in [3.05, 3.63) is 57.8 Å². The minimum absolute atomic E-state index is 0.0931. The first-order valence-corrected chi connectivity index (χ1v) is 8.97. The Morgan fingerprint density at radius 3 is 2.70 bits per heavy atom. The third-order valence-electron chi connectivity index (χ3n) is 3.51. The molecule has 0 radical (unpaired) electrons. The van der Waals surface area contributed by atoms with Gasteiger partial charge in [0.2, 0.25) is 0 Å². The Morgan fingerprint density at radius 1 is 1.35 bits per heavy atom. The van der Waals surface area contributed by atoms with Gasteiger partial charge >= 0.3 is 0 Å². The Balaban J connectivity index is 2.96. The molecule has 3 nitrogen and oxygen atoms in total. The van der Waals surface area contributed by atoms with Crippen molar-refractivity contribution >= 4 is 17.0 Å². The van der Waals surface area contributed by atoms with Crippen molar-refractivity contribution in [2.45, 2.75) is 52.9 Å². The molecular formula is C19H27NO2S. The molecular weight excluding hydrogens is 306 g/mol. The van der Waals surface area contributed by atoms with E-state index in [1.54, 1.807) is 11.3 Å². The van der Waals surface area contributed by atoms with E-state index in [0.717, 1.165) is 48.1 Å². The second kappa shape index (κ2) is 10.8. The molecule has 0 saturated heterocycles. The van der Waals surface area contributed by atoms with Gasteiger partial charge < -0.3 is 10.2 Å². The van der Waals surface area contributed by atoms with Crippen LogP contribution in [0.15, 0.2) is 57.9 Å². The Bertz CT molecular complexity index is 581. The summed E-state index contributed by atoms with van der Waals surface area (Å²) in [5.74, 6) is -0.0931. The van der Waals surface area contributed by atoms with Crippen molar-refractivity contribution in [3.63, 3.8) is 0 Å². The molecule has 0 aromatic carbocycles. The van der Waals surface area contributed by atoms with Gasteiger partial charge in [0.25, 0.3) is 0 Å². The Morgan fingerprint density at radius 2 is 2.13 bits per heavy atom. The van der Waals surface area contributed by atoms with Gasteiger partial charge in [0.1, 0.15) is 6.26 Å². The average Bonchev–Trinajstić information content (AvgIpc) is 3.07. The van der Waals surface area contributed by atoms with E-state index in [2.05, 4.69) is 18.8 Å². The van der Waals surface area contributed by atoms with Crippen LogP contribution in [0.4, 0.5) is 0 Å². The first-order valence-electron chi connectivity index (χ1n) is 8.09. The monoisotopic (exact) mass is 333 g/mol. The first-order chi connectivity index (χ1) is 11.1. The number of hydrogen-bond acceptors (Lipinski definition) is 4. The summed E-state index contributed by atoms with van der Waals surface area (Å²) in [5, 5.41) is 21.1. The molecule has 0 fully saturated rings. The van der Waals surface area contributed by atoms with E-state index >= 15 is 0 Å². The average molecular weight is 333 g/mol. The molecule has 0 aliphatic rings. The van der Waals surface area contributed by atoms with Crippen LogP contribution in [0.25, 0.3) is 0 Å². The highest BCUT2D eigenvalue weighted by Crippen LogP contribution is 2.21. The summed E-state index contributed by atoms with van der Waals surface area (Å²) >= 11 is 1.63.